The Bertz CT molecular complexity index is 1230. The van der Waals surface area contributed by atoms with Crippen molar-refractivity contribution in [1.29, 1.82) is 0 Å². The van der Waals surface area contributed by atoms with E-state index in [2.05, 4.69) is 0 Å². The molecule has 1 aliphatic heterocycles. The van der Waals surface area contributed by atoms with Crippen molar-refractivity contribution in [1.82, 2.24) is 4.90 Å². The average molecular weight is 440 g/mol. The average Bonchev–Trinajstić information content (AvgIpc) is 2.63. The van der Waals surface area contributed by atoms with Gasteiger partial charge in [0.15, 0.2) is 0 Å². The summed E-state index contributed by atoms with van der Waals surface area (Å²) in [6, 6.07) is 13.6. The standard InChI is InChI=1S/C19H12ClNO5S.K/c20-13-6-4-11(5-7-13)10-21-18(22)15-3-1-2-12-8-14(27(24,25)26)9-16(17(12)15)19(21)23;/h1-9H,10H2,(H,24,25,26);/q;+1/p-1. The van der Waals surface area contributed by atoms with Crippen LogP contribution < -0.4 is 51.4 Å². The number of imide groups is 1. The molecule has 1 aliphatic rings. The van der Waals surface area contributed by atoms with Gasteiger partial charge in [0.25, 0.3) is 11.8 Å². The van der Waals surface area contributed by atoms with Crippen LogP contribution in [0.1, 0.15) is 26.3 Å². The summed E-state index contributed by atoms with van der Waals surface area (Å²) in [4.78, 5) is 26.3. The summed E-state index contributed by atoms with van der Waals surface area (Å²) in [6.07, 6.45) is 0. The number of carbonyl (C=O) groups excluding carboxylic acids is 2. The summed E-state index contributed by atoms with van der Waals surface area (Å²) in [5, 5.41) is 1.23. The van der Waals surface area contributed by atoms with E-state index in [4.69, 9.17) is 11.6 Å². The van der Waals surface area contributed by atoms with Gasteiger partial charge in [-0.3, -0.25) is 14.5 Å². The van der Waals surface area contributed by atoms with Gasteiger partial charge in [0, 0.05) is 21.5 Å². The van der Waals surface area contributed by atoms with Crippen molar-refractivity contribution in [3.8, 4) is 0 Å². The van der Waals surface area contributed by atoms with E-state index >= 15 is 0 Å². The summed E-state index contributed by atoms with van der Waals surface area (Å²) in [7, 11) is -4.75. The molecule has 28 heavy (non-hydrogen) atoms. The number of carbonyl (C=O) groups is 2. The van der Waals surface area contributed by atoms with Gasteiger partial charge in [-0.05, 0) is 41.3 Å². The molecular weight excluding hydrogens is 429 g/mol. The van der Waals surface area contributed by atoms with Crippen LogP contribution in [-0.2, 0) is 16.7 Å². The molecule has 0 atom stereocenters. The van der Waals surface area contributed by atoms with E-state index < -0.39 is 26.8 Å². The molecule has 0 aliphatic carbocycles. The van der Waals surface area contributed by atoms with Gasteiger partial charge in [-0.15, -0.1) is 0 Å². The Balaban J connectivity index is 0.00000225. The Kier molecular flexibility index (Phi) is 6.14. The molecule has 0 saturated carbocycles. The van der Waals surface area contributed by atoms with Crippen molar-refractivity contribution in [2.45, 2.75) is 11.4 Å². The van der Waals surface area contributed by atoms with Gasteiger partial charge >= 0.3 is 51.4 Å². The quantitative estimate of drug-likeness (QED) is 0.330. The third kappa shape index (κ3) is 3.83. The molecule has 0 radical (unpaired) electrons. The zero-order chi connectivity index (χ0) is 19.3. The van der Waals surface area contributed by atoms with Gasteiger partial charge in [0.1, 0.15) is 10.1 Å². The van der Waals surface area contributed by atoms with Crippen molar-refractivity contribution in [2.24, 2.45) is 0 Å². The topological polar surface area (TPSA) is 94.6 Å². The smallest absolute Gasteiger partial charge is 0.744 e. The first-order chi connectivity index (χ1) is 12.8. The van der Waals surface area contributed by atoms with E-state index in [1.165, 1.54) is 6.07 Å². The first-order valence-electron chi connectivity index (χ1n) is 7.89. The molecule has 0 bridgehead atoms. The summed E-state index contributed by atoms with van der Waals surface area (Å²) in [5.74, 6) is -1.13. The summed E-state index contributed by atoms with van der Waals surface area (Å²) >= 11 is 5.86. The molecule has 4 rings (SSSR count). The van der Waals surface area contributed by atoms with E-state index in [0.29, 0.717) is 21.4 Å². The second-order valence-corrected chi connectivity index (χ2v) is 7.97. The van der Waals surface area contributed by atoms with Crippen molar-refractivity contribution in [3.63, 3.8) is 0 Å². The predicted octanol–water partition coefficient (Wildman–Crippen LogP) is 0.198. The van der Waals surface area contributed by atoms with Crippen LogP contribution in [0, 0.1) is 0 Å². The number of hydrogen-bond acceptors (Lipinski definition) is 5. The van der Waals surface area contributed by atoms with E-state index in [0.717, 1.165) is 11.0 Å². The second-order valence-electron chi connectivity index (χ2n) is 6.15. The first kappa shape index (κ1) is 21.6. The van der Waals surface area contributed by atoms with E-state index in [-0.39, 0.29) is 69.1 Å². The predicted molar refractivity (Wildman–Crippen MR) is 97.6 cm³/mol. The molecular formula is C19H11ClKNO5S. The Morgan fingerprint density at radius 3 is 2.21 bits per heavy atom. The summed E-state index contributed by atoms with van der Waals surface area (Å²) in [5.41, 5.74) is 0.987. The van der Waals surface area contributed by atoms with Gasteiger partial charge in [0.05, 0.1) is 11.4 Å². The third-order valence-electron chi connectivity index (χ3n) is 4.44. The number of rotatable bonds is 3. The maximum Gasteiger partial charge on any atom is 1.00 e. The number of amides is 2. The largest absolute Gasteiger partial charge is 1.00 e. The van der Waals surface area contributed by atoms with Crippen LogP contribution in [0.3, 0.4) is 0 Å². The fraction of sp³-hybridized carbons (Fsp3) is 0.0526. The molecule has 6 nitrogen and oxygen atoms in total. The van der Waals surface area contributed by atoms with Crippen LogP contribution in [-0.4, -0.2) is 29.7 Å². The van der Waals surface area contributed by atoms with Crippen LogP contribution in [0.4, 0.5) is 0 Å². The van der Waals surface area contributed by atoms with Gasteiger partial charge < -0.3 is 4.55 Å². The van der Waals surface area contributed by atoms with E-state index in [1.54, 1.807) is 42.5 Å². The van der Waals surface area contributed by atoms with Crippen LogP contribution in [0.25, 0.3) is 10.8 Å². The Labute approximate surface area is 208 Å². The summed E-state index contributed by atoms with van der Waals surface area (Å²) in [6.45, 7) is -0.000976. The van der Waals surface area contributed by atoms with Gasteiger partial charge in [-0.1, -0.05) is 35.9 Å². The molecule has 2 amide bonds. The van der Waals surface area contributed by atoms with Crippen molar-refractivity contribution < 1.29 is 73.9 Å². The Morgan fingerprint density at radius 1 is 0.929 bits per heavy atom. The van der Waals surface area contributed by atoms with E-state index in [1.807, 2.05) is 0 Å². The minimum Gasteiger partial charge on any atom is -0.744 e. The molecule has 0 N–H and O–H groups in total. The van der Waals surface area contributed by atoms with Crippen molar-refractivity contribution in [2.75, 3.05) is 0 Å². The molecule has 136 valence electrons. The number of halogens is 1. The van der Waals surface area contributed by atoms with Gasteiger partial charge in [-0.25, -0.2) is 8.42 Å². The maximum absolute atomic E-state index is 12.9. The van der Waals surface area contributed by atoms with Gasteiger partial charge in [0.2, 0.25) is 0 Å². The van der Waals surface area contributed by atoms with E-state index in [9.17, 15) is 22.6 Å². The van der Waals surface area contributed by atoms with Crippen molar-refractivity contribution >= 4 is 44.3 Å². The monoisotopic (exact) mass is 439 g/mol. The van der Waals surface area contributed by atoms with Crippen LogP contribution >= 0.6 is 11.6 Å². The maximum atomic E-state index is 12.9. The molecule has 1 heterocycles. The third-order valence-corrected chi connectivity index (χ3v) is 5.51. The second kappa shape index (κ2) is 7.96. The molecule has 0 saturated heterocycles. The molecule has 0 unspecified atom stereocenters. The Morgan fingerprint density at radius 2 is 1.57 bits per heavy atom. The zero-order valence-electron chi connectivity index (χ0n) is 14.7. The number of benzene rings is 3. The van der Waals surface area contributed by atoms with Crippen LogP contribution in [0.5, 0.6) is 0 Å². The van der Waals surface area contributed by atoms with Crippen molar-refractivity contribution in [3.05, 3.63) is 76.3 Å². The SMILES string of the molecule is O=C1c2cccc3cc(S(=O)(=O)[O-])cc(c23)C(=O)N1Cc1ccc(Cl)cc1.[K+]. The van der Waals surface area contributed by atoms with Crippen LogP contribution in [0.15, 0.2) is 59.5 Å². The van der Waals surface area contributed by atoms with Crippen LogP contribution in [0.2, 0.25) is 5.02 Å². The number of hydrogen-bond donors (Lipinski definition) is 0. The van der Waals surface area contributed by atoms with Gasteiger partial charge in [-0.2, -0.15) is 0 Å². The molecule has 0 aromatic heterocycles. The molecule has 3 aromatic rings. The molecule has 3 aromatic carbocycles. The normalized spacial score (nSPS) is 13.6. The minimum atomic E-state index is -4.75. The molecule has 9 heteroatoms. The fourth-order valence-electron chi connectivity index (χ4n) is 3.19. The fourth-order valence-corrected chi connectivity index (χ4v) is 3.85. The first-order valence-corrected chi connectivity index (χ1v) is 9.67. The summed E-state index contributed by atoms with van der Waals surface area (Å²) < 4.78 is 34.4. The molecule has 0 fully saturated rings. The zero-order valence-corrected chi connectivity index (χ0v) is 19.4. The Hall–Kier alpha value is -1.10. The molecule has 0 spiro atoms. The number of nitrogens with zero attached hydrogens (tertiary/aromatic N) is 1. The minimum absolute atomic E-state index is 0.